The van der Waals surface area contributed by atoms with Crippen LogP contribution in [0.4, 0.5) is 0 Å². The highest BCUT2D eigenvalue weighted by molar-refractivity contribution is 6.33. The fraction of sp³-hybridized carbons (Fsp3) is 0.125. The molecule has 2 N–H and O–H groups in total. The van der Waals surface area contributed by atoms with E-state index in [1.54, 1.807) is 30.3 Å². The van der Waals surface area contributed by atoms with E-state index in [1.807, 2.05) is 13.0 Å². The number of benzene rings is 2. The lowest BCUT2D eigenvalue weighted by molar-refractivity contribution is 0.0697. The number of halogens is 1. The summed E-state index contributed by atoms with van der Waals surface area (Å²) in [6.45, 7) is 2.41. The molecular weight excluding hydrogens is 290 g/mol. The number of carboxylic acid groups (broad SMARTS) is 1. The first-order valence-corrected chi connectivity index (χ1v) is 6.82. The molecule has 21 heavy (non-hydrogen) atoms. The first kappa shape index (κ1) is 15.1. The van der Waals surface area contributed by atoms with Crippen LogP contribution >= 0.6 is 11.6 Å². The van der Waals surface area contributed by atoms with Crippen LogP contribution < -0.4 is 5.32 Å². The molecule has 2 aromatic rings. The van der Waals surface area contributed by atoms with E-state index < -0.39 is 5.97 Å². The van der Waals surface area contributed by atoms with Gasteiger partial charge in [0, 0.05) is 12.1 Å². The molecule has 5 heteroatoms. The molecule has 0 aliphatic carbocycles. The van der Waals surface area contributed by atoms with Gasteiger partial charge in [0.1, 0.15) is 0 Å². The molecule has 0 unspecified atom stereocenters. The van der Waals surface area contributed by atoms with Gasteiger partial charge < -0.3 is 10.4 Å². The lowest BCUT2D eigenvalue weighted by atomic mass is 10.0. The van der Waals surface area contributed by atoms with Gasteiger partial charge in [-0.2, -0.15) is 0 Å². The highest BCUT2D eigenvalue weighted by Crippen LogP contribution is 2.26. The van der Waals surface area contributed by atoms with E-state index in [-0.39, 0.29) is 16.5 Å². The van der Waals surface area contributed by atoms with Crippen LogP contribution in [0.2, 0.25) is 5.02 Å². The van der Waals surface area contributed by atoms with Crippen molar-refractivity contribution >= 4 is 23.5 Å². The largest absolute Gasteiger partial charge is 0.478 e. The summed E-state index contributed by atoms with van der Waals surface area (Å²) in [4.78, 5) is 22.8. The van der Waals surface area contributed by atoms with Crippen LogP contribution in [0.15, 0.2) is 42.5 Å². The van der Waals surface area contributed by atoms with Gasteiger partial charge in [-0.1, -0.05) is 29.8 Å². The molecule has 108 valence electrons. The molecule has 0 aromatic heterocycles. The number of hydrogen-bond acceptors (Lipinski definition) is 2. The van der Waals surface area contributed by atoms with E-state index >= 15 is 0 Å². The Kier molecular flexibility index (Phi) is 4.60. The zero-order valence-electron chi connectivity index (χ0n) is 11.4. The zero-order valence-corrected chi connectivity index (χ0v) is 12.1. The van der Waals surface area contributed by atoms with E-state index in [0.717, 1.165) is 11.1 Å². The summed E-state index contributed by atoms with van der Waals surface area (Å²) in [6, 6.07) is 11.8. The Bertz CT molecular complexity index is 698. The minimum Gasteiger partial charge on any atom is -0.478 e. The van der Waals surface area contributed by atoms with Crippen LogP contribution in [0.1, 0.15) is 27.6 Å². The first-order valence-electron chi connectivity index (χ1n) is 6.44. The Balaban J connectivity index is 2.38. The molecule has 0 aliphatic rings. The molecule has 0 aliphatic heterocycles. The number of amides is 1. The number of carboxylic acids is 1. The second kappa shape index (κ2) is 6.41. The molecule has 0 bridgehead atoms. The van der Waals surface area contributed by atoms with Crippen LogP contribution in [0.5, 0.6) is 0 Å². The van der Waals surface area contributed by atoms with Gasteiger partial charge in [0.25, 0.3) is 5.91 Å². The zero-order chi connectivity index (χ0) is 15.4. The number of aromatic carboxylic acids is 1. The summed E-state index contributed by atoms with van der Waals surface area (Å²) in [6.07, 6.45) is 0. The molecule has 0 heterocycles. The molecule has 0 saturated carbocycles. The highest BCUT2D eigenvalue weighted by Gasteiger charge is 2.11. The van der Waals surface area contributed by atoms with Crippen LogP contribution in [0.3, 0.4) is 0 Å². The second-order valence-corrected chi connectivity index (χ2v) is 4.85. The summed E-state index contributed by atoms with van der Waals surface area (Å²) in [5.74, 6) is -1.21. The van der Waals surface area contributed by atoms with Crippen molar-refractivity contribution in [3.63, 3.8) is 0 Å². The Morgan fingerprint density at radius 3 is 2.48 bits per heavy atom. The van der Waals surface area contributed by atoms with Gasteiger partial charge in [0.05, 0.1) is 10.6 Å². The van der Waals surface area contributed by atoms with Gasteiger partial charge in [0.2, 0.25) is 0 Å². The van der Waals surface area contributed by atoms with Gasteiger partial charge in [-0.3, -0.25) is 4.79 Å². The third-order valence-corrected chi connectivity index (χ3v) is 3.31. The predicted octanol–water partition coefficient (Wildman–Crippen LogP) is 3.45. The average molecular weight is 304 g/mol. The van der Waals surface area contributed by atoms with E-state index in [2.05, 4.69) is 5.32 Å². The topological polar surface area (TPSA) is 66.4 Å². The average Bonchev–Trinajstić information content (AvgIpc) is 2.47. The standard InChI is InChI=1S/C16H14ClNO3/c1-2-18-15(19)12-5-3-4-10(8-12)11-6-7-13(16(20)21)14(17)9-11/h3-9H,2H2,1H3,(H,18,19)(H,20,21). The second-order valence-electron chi connectivity index (χ2n) is 4.44. The molecule has 0 radical (unpaired) electrons. The minimum atomic E-state index is -1.07. The maximum Gasteiger partial charge on any atom is 0.337 e. The van der Waals surface area contributed by atoms with Gasteiger partial charge in [0.15, 0.2) is 0 Å². The maximum atomic E-state index is 11.8. The molecule has 2 aromatic carbocycles. The van der Waals surface area contributed by atoms with Crippen molar-refractivity contribution in [2.24, 2.45) is 0 Å². The molecule has 1 amide bonds. The molecule has 4 nitrogen and oxygen atoms in total. The van der Waals surface area contributed by atoms with Crippen molar-refractivity contribution in [2.45, 2.75) is 6.92 Å². The third kappa shape index (κ3) is 3.41. The van der Waals surface area contributed by atoms with Gasteiger partial charge in [-0.05, 0) is 42.3 Å². The van der Waals surface area contributed by atoms with Crippen molar-refractivity contribution in [1.29, 1.82) is 0 Å². The van der Waals surface area contributed by atoms with E-state index in [1.165, 1.54) is 6.07 Å². The van der Waals surface area contributed by atoms with Gasteiger partial charge in [-0.25, -0.2) is 4.79 Å². The lowest BCUT2D eigenvalue weighted by Crippen LogP contribution is -2.22. The summed E-state index contributed by atoms with van der Waals surface area (Å²) in [5.41, 5.74) is 2.17. The number of hydrogen-bond donors (Lipinski definition) is 2. The van der Waals surface area contributed by atoms with Crippen LogP contribution in [-0.2, 0) is 0 Å². The first-order chi connectivity index (χ1) is 10.0. The van der Waals surface area contributed by atoms with Crippen molar-refractivity contribution in [3.05, 3.63) is 58.6 Å². The van der Waals surface area contributed by atoms with Crippen molar-refractivity contribution in [1.82, 2.24) is 5.32 Å². The van der Waals surface area contributed by atoms with Crippen molar-refractivity contribution in [2.75, 3.05) is 6.54 Å². The Morgan fingerprint density at radius 1 is 1.14 bits per heavy atom. The molecule has 2 rings (SSSR count). The van der Waals surface area contributed by atoms with Gasteiger partial charge >= 0.3 is 5.97 Å². The summed E-state index contributed by atoms with van der Waals surface area (Å²) in [5, 5.41) is 11.9. The van der Waals surface area contributed by atoms with Crippen molar-refractivity contribution < 1.29 is 14.7 Å². The Morgan fingerprint density at radius 2 is 1.86 bits per heavy atom. The number of nitrogens with one attached hydrogen (secondary N) is 1. The quantitative estimate of drug-likeness (QED) is 0.909. The fourth-order valence-electron chi connectivity index (χ4n) is 1.97. The summed E-state index contributed by atoms with van der Waals surface area (Å²) in [7, 11) is 0. The van der Waals surface area contributed by atoms with E-state index in [4.69, 9.17) is 16.7 Å². The fourth-order valence-corrected chi connectivity index (χ4v) is 2.23. The van der Waals surface area contributed by atoms with E-state index in [9.17, 15) is 9.59 Å². The molecule has 0 spiro atoms. The molecule has 0 fully saturated rings. The molecular formula is C16H14ClNO3. The minimum absolute atomic E-state index is 0.0558. The number of rotatable bonds is 4. The summed E-state index contributed by atoms with van der Waals surface area (Å²) < 4.78 is 0. The third-order valence-electron chi connectivity index (χ3n) is 2.99. The van der Waals surface area contributed by atoms with E-state index in [0.29, 0.717) is 12.1 Å². The Labute approximate surface area is 127 Å². The highest BCUT2D eigenvalue weighted by atomic mass is 35.5. The van der Waals surface area contributed by atoms with Crippen molar-refractivity contribution in [3.8, 4) is 11.1 Å². The summed E-state index contributed by atoms with van der Waals surface area (Å²) >= 11 is 5.97. The van der Waals surface area contributed by atoms with Crippen LogP contribution in [-0.4, -0.2) is 23.5 Å². The maximum absolute atomic E-state index is 11.8. The monoisotopic (exact) mass is 303 g/mol. The number of carbonyl (C=O) groups is 2. The van der Waals surface area contributed by atoms with Crippen LogP contribution in [0, 0.1) is 0 Å². The smallest absolute Gasteiger partial charge is 0.337 e. The SMILES string of the molecule is CCNC(=O)c1cccc(-c2ccc(C(=O)O)c(Cl)c2)c1. The Hall–Kier alpha value is -2.33. The predicted molar refractivity (Wildman–Crippen MR) is 81.9 cm³/mol. The van der Waals surface area contributed by atoms with Gasteiger partial charge in [-0.15, -0.1) is 0 Å². The lowest BCUT2D eigenvalue weighted by Gasteiger charge is -2.07. The molecule has 0 saturated heterocycles. The van der Waals surface area contributed by atoms with Crippen LogP contribution in [0.25, 0.3) is 11.1 Å². The molecule has 0 atom stereocenters. The number of carbonyl (C=O) groups excluding carboxylic acids is 1. The normalized spacial score (nSPS) is 10.2.